The van der Waals surface area contributed by atoms with Gasteiger partial charge in [0.2, 0.25) is 0 Å². The second-order valence-electron chi connectivity index (χ2n) is 4.15. The van der Waals surface area contributed by atoms with Crippen molar-refractivity contribution in [3.05, 3.63) is 32.4 Å². The maximum atomic E-state index is 8.98. The highest BCUT2D eigenvalue weighted by atomic mass is 127. The zero-order chi connectivity index (χ0) is 12.1. The maximum Gasteiger partial charge on any atom is 0.100 e. The van der Waals surface area contributed by atoms with Crippen molar-refractivity contribution in [2.45, 2.75) is 26.7 Å². The van der Waals surface area contributed by atoms with Gasteiger partial charge in [0.1, 0.15) is 6.07 Å². The van der Waals surface area contributed by atoms with Gasteiger partial charge in [0.15, 0.2) is 0 Å². The molecule has 0 saturated heterocycles. The molecular weight excluding hydrogens is 311 g/mol. The predicted molar refractivity (Wildman–Crippen MR) is 71.7 cm³/mol. The van der Waals surface area contributed by atoms with E-state index in [1.165, 1.54) is 0 Å². The van der Waals surface area contributed by atoms with E-state index in [9.17, 15) is 0 Å². The van der Waals surface area contributed by atoms with Gasteiger partial charge >= 0.3 is 0 Å². The average Bonchev–Trinajstić information content (AvgIpc) is 2.21. The van der Waals surface area contributed by atoms with Crippen molar-refractivity contribution in [1.82, 2.24) is 0 Å². The summed E-state index contributed by atoms with van der Waals surface area (Å²) in [4.78, 5) is 0. The fourth-order valence-corrected chi connectivity index (χ4v) is 2.28. The van der Waals surface area contributed by atoms with Crippen LogP contribution < -0.4 is 0 Å². The van der Waals surface area contributed by atoms with Gasteiger partial charge in [-0.1, -0.05) is 13.8 Å². The standard InChI is InChI=1S/C13H13IN2/c1-9(2)5-11-6-12(8-16)13(14)7-10(11)3-4-15/h6-7,9H,3,5H2,1-2H3. The van der Waals surface area contributed by atoms with Gasteiger partial charge in [-0.25, -0.2) is 0 Å². The van der Waals surface area contributed by atoms with E-state index in [0.29, 0.717) is 17.9 Å². The third-order valence-electron chi connectivity index (χ3n) is 2.31. The highest BCUT2D eigenvalue weighted by Gasteiger charge is 2.09. The van der Waals surface area contributed by atoms with E-state index in [4.69, 9.17) is 10.5 Å². The van der Waals surface area contributed by atoms with Crippen LogP contribution >= 0.6 is 22.6 Å². The Bertz CT molecular complexity index is 464. The molecule has 0 unspecified atom stereocenters. The number of hydrogen-bond donors (Lipinski definition) is 0. The summed E-state index contributed by atoms with van der Waals surface area (Å²) < 4.78 is 0.929. The Kier molecular flexibility index (Phi) is 4.76. The summed E-state index contributed by atoms with van der Waals surface area (Å²) in [5.41, 5.74) is 2.89. The monoisotopic (exact) mass is 324 g/mol. The number of halogens is 1. The largest absolute Gasteiger partial charge is 0.198 e. The molecular formula is C13H13IN2. The van der Waals surface area contributed by atoms with Gasteiger partial charge in [-0.2, -0.15) is 10.5 Å². The number of benzene rings is 1. The molecule has 0 aromatic heterocycles. The normalized spacial score (nSPS) is 9.88. The molecule has 82 valence electrons. The molecule has 1 rings (SSSR count). The van der Waals surface area contributed by atoms with E-state index >= 15 is 0 Å². The molecule has 2 nitrogen and oxygen atoms in total. The molecule has 0 aliphatic heterocycles. The third kappa shape index (κ3) is 3.21. The fourth-order valence-electron chi connectivity index (χ4n) is 1.62. The number of nitrogens with zero attached hydrogens (tertiary/aromatic N) is 2. The molecule has 0 aliphatic rings. The van der Waals surface area contributed by atoms with Crippen LogP contribution in [-0.2, 0) is 12.8 Å². The molecule has 0 spiro atoms. The lowest BCUT2D eigenvalue weighted by molar-refractivity contribution is 0.644. The summed E-state index contributed by atoms with van der Waals surface area (Å²) in [6.45, 7) is 4.28. The Morgan fingerprint density at radius 2 is 1.94 bits per heavy atom. The van der Waals surface area contributed by atoms with Gasteiger partial charge in [0, 0.05) is 3.57 Å². The average molecular weight is 324 g/mol. The minimum atomic E-state index is 0.420. The first-order chi connectivity index (χ1) is 7.58. The van der Waals surface area contributed by atoms with Crippen LogP contribution in [0.1, 0.15) is 30.5 Å². The lowest BCUT2D eigenvalue weighted by atomic mass is 9.95. The first-order valence-corrected chi connectivity index (χ1v) is 6.24. The second-order valence-corrected chi connectivity index (χ2v) is 5.31. The van der Waals surface area contributed by atoms with Gasteiger partial charge in [0.25, 0.3) is 0 Å². The molecule has 0 heterocycles. The smallest absolute Gasteiger partial charge is 0.100 e. The lowest BCUT2D eigenvalue weighted by Crippen LogP contribution is -2.01. The van der Waals surface area contributed by atoms with E-state index in [1.807, 2.05) is 12.1 Å². The maximum absolute atomic E-state index is 8.98. The molecule has 0 atom stereocenters. The molecule has 0 fully saturated rings. The molecule has 1 aromatic carbocycles. The summed E-state index contributed by atoms with van der Waals surface area (Å²) in [6, 6.07) is 8.25. The zero-order valence-electron chi connectivity index (χ0n) is 9.42. The van der Waals surface area contributed by atoms with Crippen molar-refractivity contribution in [3.63, 3.8) is 0 Å². The summed E-state index contributed by atoms with van der Waals surface area (Å²) >= 11 is 2.14. The molecule has 0 aliphatic carbocycles. The van der Waals surface area contributed by atoms with E-state index in [0.717, 1.165) is 21.1 Å². The van der Waals surface area contributed by atoms with E-state index < -0.39 is 0 Å². The Balaban J connectivity index is 3.21. The van der Waals surface area contributed by atoms with Crippen LogP contribution in [0.15, 0.2) is 12.1 Å². The second kappa shape index (κ2) is 5.86. The van der Waals surface area contributed by atoms with E-state index in [-0.39, 0.29) is 0 Å². The molecule has 3 heteroatoms. The first-order valence-electron chi connectivity index (χ1n) is 5.16. The Morgan fingerprint density at radius 1 is 1.25 bits per heavy atom. The summed E-state index contributed by atoms with van der Waals surface area (Å²) in [5, 5.41) is 17.8. The van der Waals surface area contributed by atoms with Crippen LogP contribution in [-0.4, -0.2) is 0 Å². The lowest BCUT2D eigenvalue weighted by Gasteiger charge is -2.11. The summed E-state index contributed by atoms with van der Waals surface area (Å²) in [5.74, 6) is 0.532. The van der Waals surface area contributed by atoms with Crippen molar-refractivity contribution >= 4 is 22.6 Å². The third-order valence-corrected chi connectivity index (χ3v) is 3.20. The van der Waals surface area contributed by atoms with Crippen LogP contribution in [0.25, 0.3) is 0 Å². The highest BCUT2D eigenvalue weighted by molar-refractivity contribution is 14.1. The van der Waals surface area contributed by atoms with Crippen LogP contribution in [0.2, 0.25) is 0 Å². The van der Waals surface area contributed by atoms with Gasteiger partial charge in [-0.3, -0.25) is 0 Å². The van der Waals surface area contributed by atoms with Gasteiger partial charge in [-0.15, -0.1) is 0 Å². The zero-order valence-corrected chi connectivity index (χ0v) is 11.6. The fraction of sp³-hybridized carbons (Fsp3) is 0.385. The predicted octanol–water partition coefficient (Wildman–Crippen LogP) is 3.43. The first kappa shape index (κ1) is 13.0. The molecule has 0 radical (unpaired) electrons. The Hall–Kier alpha value is -1.07. The van der Waals surface area contributed by atoms with Gasteiger partial charge < -0.3 is 0 Å². The molecule has 16 heavy (non-hydrogen) atoms. The van der Waals surface area contributed by atoms with Crippen LogP contribution in [0.3, 0.4) is 0 Å². The Labute approximate surface area is 110 Å². The minimum Gasteiger partial charge on any atom is -0.198 e. The summed E-state index contributed by atoms with van der Waals surface area (Å²) in [7, 11) is 0. The number of rotatable bonds is 3. The molecule has 0 N–H and O–H groups in total. The van der Waals surface area contributed by atoms with Crippen LogP contribution in [0.5, 0.6) is 0 Å². The van der Waals surface area contributed by atoms with Crippen LogP contribution in [0, 0.1) is 32.2 Å². The van der Waals surface area contributed by atoms with Crippen molar-refractivity contribution in [1.29, 1.82) is 10.5 Å². The van der Waals surface area contributed by atoms with E-state index in [2.05, 4.69) is 48.6 Å². The van der Waals surface area contributed by atoms with Crippen molar-refractivity contribution in [2.75, 3.05) is 0 Å². The summed E-state index contributed by atoms with van der Waals surface area (Å²) in [6.07, 6.45) is 1.34. The van der Waals surface area contributed by atoms with Crippen LogP contribution in [0.4, 0.5) is 0 Å². The topological polar surface area (TPSA) is 47.6 Å². The molecule has 0 amide bonds. The SMILES string of the molecule is CC(C)Cc1cc(C#N)c(I)cc1CC#N. The minimum absolute atomic E-state index is 0.420. The molecule has 0 saturated carbocycles. The molecule has 0 bridgehead atoms. The highest BCUT2D eigenvalue weighted by Crippen LogP contribution is 2.21. The number of hydrogen-bond acceptors (Lipinski definition) is 2. The quantitative estimate of drug-likeness (QED) is 0.800. The van der Waals surface area contributed by atoms with Crippen molar-refractivity contribution in [2.24, 2.45) is 5.92 Å². The number of nitriles is 2. The van der Waals surface area contributed by atoms with Crippen molar-refractivity contribution in [3.8, 4) is 12.1 Å². The van der Waals surface area contributed by atoms with Crippen molar-refractivity contribution < 1.29 is 0 Å². The molecule has 1 aromatic rings. The Morgan fingerprint density at radius 3 is 2.44 bits per heavy atom. The van der Waals surface area contributed by atoms with E-state index in [1.54, 1.807) is 0 Å². The van der Waals surface area contributed by atoms with Gasteiger partial charge in [0.05, 0.1) is 18.1 Å². The van der Waals surface area contributed by atoms with Gasteiger partial charge in [-0.05, 0) is 58.2 Å².